The lowest BCUT2D eigenvalue weighted by Crippen LogP contribution is -2.36. The van der Waals surface area contributed by atoms with Gasteiger partial charge in [-0.2, -0.15) is 13.2 Å². The molecule has 0 saturated carbocycles. The number of nitrogens with zero attached hydrogens (tertiary/aromatic N) is 1. The van der Waals surface area contributed by atoms with Crippen LogP contribution in [-0.2, 0) is 4.74 Å². The standard InChI is InChI=1S/C12H15F3N2O3/c1-8(6-19-2)17-10(18)9-4-3-5-16-11(9)20-7-12(13,14)15/h3-5,8H,6-7H2,1-2H3,(H,17,18)/t8-/m0/s1. The zero-order valence-electron chi connectivity index (χ0n) is 11.0. The van der Waals surface area contributed by atoms with Gasteiger partial charge in [0.25, 0.3) is 5.91 Å². The number of amides is 1. The Morgan fingerprint density at radius 2 is 2.20 bits per heavy atom. The Bertz CT molecular complexity index is 452. The van der Waals surface area contributed by atoms with Crippen molar-refractivity contribution in [3.8, 4) is 5.88 Å². The molecule has 0 aromatic carbocycles. The maximum absolute atomic E-state index is 12.1. The molecular weight excluding hydrogens is 277 g/mol. The molecule has 0 spiro atoms. The summed E-state index contributed by atoms with van der Waals surface area (Å²) in [4.78, 5) is 15.5. The third-order valence-corrected chi connectivity index (χ3v) is 2.18. The second-order valence-corrected chi connectivity index (χ2v) is 4.09. The minimum atomic E-state index is -4.49. The average Bonchev–Trinajstić information content (AvgIpc) is 2.36. The summed E-state index contributed by atoms with van der Waals surface area (Å²) in [5.41, 5.74) is -0.0558. The first-order valence-corrected chi connectivity index (χ1v) is 5.78. The minimum absolute atomic E-state index is 0.0558. The molecule has 0 radical (unpaired) electrons. The van der Waals surface area contributed by atoms with E-state index in [-0.39, 0.29) is 24.1 Å². The number of aromatic nitrogens is 1. The van der Waals surface area contributed by atoms with Crippen LogP contribution in [0.5, 0.6) is 5.88 Å². The maximum atomic E-state index is 12.1. The van der Waals surface area contributed by atoms with Gasteiger partial charge >= 0.3 is 6.18 Å². The highest BCUT2D eigenvalue weighted by Crippen LogP contribution is 2.19. The molecule has 0 saturated heterocycles. The van der Waals surface area contributed by atoms with Crippen molar-refractivity contribution in [2.45, 2.75) is 19.1 Å². The lowest BCUT2D eigenvalue weighted by atomic mass is 10.2. The fraction of sp³-hybridized carbons (Fsp3) is 0.500. The average molecular weight is 292 g/mol. The number of carbonyl (C=O) groups is 1. The van der Waals surface area contributed by atoms with E-state index in [9.17, 15) is 18.0 Å². The smallest absolute Gasteiger partial charge is 0.422 e. The van der Waals surface area contributed by atoms with Crippen LogP contribution < -0.4 is 10.1 Å². The molecule has 8 heteroatoms. The third-order valence-electron chi connectivity index (χ3n) is 2.18. The summed E-state index contributed by atoms with van der Waals surface area (Å²) in [7, 11) is 1.48. The van der Waals surface area contributed by atoms with Crippen molar-refractivity contribution in [2.24, 2.45) is 0 Å². The van der Waals surface area contributed by atoms with Crippen LogP contribution in [0.15, 0.2) is 18.3 Å². The molecular formula is C12H15F3N2O3. The van der Waals surface area contributed by atoms with Gasteiger partial charge in [-0.3, -0.25) is 4.79 Å². The monoisotopic (exact) mass is 292 g/mol. The lowest BCUT2D eigenvalue weighted by Gasteiger charge is -2.15. The Labute approximate surface area is 114 Å². The van der Waals surface area contributed by atoms with Crippen LogP contribution in [0.25, 0.3) is 0 Å². The summed E-state index contributed by atoms with van der Waals surface area (Å²) in [5.74, 6) is -0.924. The predicted molar refractivity (Wildman–Crippen MR) is 64.6 cm³/mol. The van der Waals surface area contributed by atoms with E-state index in [1.165, 1.54) is 25.4 Å². The van der Waals surface area contributed by atoms with E-state index in [0.29, 0.717) is 0 Å². The predicted octanol–water partition coefficient (Wildman–Crippen LogP) is 1.79. The molecule has 1 heterocycles. The highest BCUT2D eigenvalue weighted by atomic mass is 19.4. The van der Waals surface area contributed by atoms with Crippen LogP contribution in [0.2, 0.25) is 0 Å². The number of methoxy groups -OCH3 is 1. The first-order chi connectivity index (χ1) is 9.33. The number of hydrogen-bond acceptors (Lipinski definition) is 4. The van der Waals surface area contributed by atoms with E-state index in [0.717, 1.165) is 0 Å². The maximum Gasteiger partial charge on any atom is 0.422 e. The van der Waals surface area contributed by atoms with Gasteiger partial charge in [-0.05, 0) is 19.1 Å². The molecule has 1 N–H and O–H groups in total. The molecule has 1 atom stereocenters. The van der Waals surface area contributed by atoms with Crippen molar-refractivity contribution in [2.75, 3.05) is 20.3 Å². The molecule has 1 rings (SSSR count). The number of nitrogens with one attached hydrogen (secondary N) is 1. The Morgan fingerprint density at radius 1 is 1.50 bits per heavy atom. The number of pyridine rings is 1. The number of carbonyl (C=O) groups excluding carboxylic acids is 1. The summed E-state index contributed by atoms with van der Waals surface area (Å²) < 4.78 is 45.7. The molecule has 112 valence electrons. The molecule has 1 amide bonds. The van der Waals surface area contributed by atoms with E-state index in [2.05, 4.69) is 15.0 Å². The number of halogens is 3. The van der Waals surface area contributed by atoms with Gasteiger partial charge in [0, 0.05) is 19.3 Å². The molecule has 20 heavy (non-hydrogen) atoms. The van der Waals surface area contributed by atoms with Crippen molar-refractivity contribution >= 4 is 5.91 Å². The lowest BCUT2D eigenvalue weighted by molar-refractivity contribution is -0.154. The largest absolute Gasteiger partial charge is 0.467 e. The van der Waals surface area contributed by atoms with Gasteiger partial charge in [0.15, 0.2) is 6.61 Å². The van der Waals surface area contributed by atoms with E-state index in [4.69, 9.17) is 4.74 Å². The summed E-state index contributed by atoms with van der Waals surface area (Å²) in [6, 6.07) is 2.49. The highest BCUT2D eigenvalue weighted by Gasteiger charge is 2.29. The van der Waals surface area contributed by atoms with Gasteiger partial charge in [0.2, 0.25) is 5.88 Å². The molecule has 0 aliphatic heterocycles. The minimum Gasteiger partial charge on any atom is -0.467 e. The molecule has 1 aromatic heterocycles. The van der Waals surface area contributed by atoms with Crippen molar-refractivity contribution in [1.29, 1.82) is 0 Å². The van der Waals surface area contributed by atoms with Gasteiger partial charge in [0.1, 0.15) is 5.56 Å². The van der Waals surface area contributed by atoms with Crippen LogP contribution >= 0.6 is 0 Å². The van der Waals surface area contributed by atoms with Crippen molar-refractivity contribution in [1.82, 2.24) is 10.3 Å². The number of hydrogen-bond donors (Lipinski definition) is 1. The van der Waals surface area contributed by atoms with Gasteiger partial charge in [-0.15, -0.1) is 0 Å². The molecule has 0 aliphatic carbocycles. The molecule has 1 aromatic rings. The number of alkyl halides is 3. The van der Waals surface area contributed by atoms with E-state index < -0.39 is 18.7 Å². The van der Waals surface area contributed by atoms with Gasteiger partial charge in [-0.1, -0.05) is 0 Å². The fourth-order valence-corrected chi connectivity index (χ4v) is 1.42. The van der Waals surface area contributed by atoms with Crippen LogP contribution in [0, 0.1) is 0 Å². The molecule has 0 aliphatic rings. The summed E-state index contributed by atoms with van der Waals surface area (Å²) in [6.45, 7) is 0.483. The number of ether oxygens (including phenoxy) is 2. The summed E-state index contributed by atoms with van der Waals surface area (Å²) in [6.07, 6.45) is -3.24. The van der Waals surface area contributed by atoms with Gasteiger partial charge in [0.05, 0.1) is 6.61 Å². The Morgan fingerprint density at radius 3 is 2.80 bits per heavy atom. The van der Waals surface area contributed by atoms with Crippen LogP contribution in [0.4, 0.5) is 13.2 Å². The number of rotatable bonds is 6. The Hall–Kier alpha value is -1.83. The fourth-order valence-electron chi connectivity index (χ4n) is 1.42. The van der Waals surface area contributed by atoms with E-state index >= 15 is 0 Å². The second kappa shape index (κ2) is 7.09. The first-order valence-electron chi connectivity index (χ1n) is 5.78. The molecule has 0 fully saturated rings. The van der Waals surface area contributed by atoms with Gasteiger partial charge < -0.3 is 14.8 Å². The first kappa shape index (κ1) is 16.2. The Balaban J connectivity index is 2.76. The molecule has 0 bridgehead atoms. The third kappa shape index (κ3) is 5.43. The second-order valence-electron chi connectivity index (χ2n) is 4.09. The molecule has 0 unspecified atom stereocenters. The highest BCUT2D eigenvalue weighted by molar-refractivity contribution is 5.96. The zero-order chi connectivity index (χ0) is 15.2. The normalized spacial score (nSPS) is 12.8. The van der Waals surface area contributed by atoms with Crippen molar-refractivity contribution in [3.63, 3.8) is 0 Å². The van der Waals surface area contributed by atoms with Crippen LogP contribution in [-0.4, -0.2) is 43.4 Å². The Kier molecular flexibility index (Phi) is 5.75. The van der Waals surface area contributed by atoms with Gasteiger partial charge in [-0.25, -0.2) is 4.98 Å². The van der Waals surface area contributed by atoms with Crippen LogP contribution in [0.3, 0.4) is 0 Å². The quantitative estimate of drug-likeness (QED) is 0.868. The summed E-state index contributed by atoms with van der Waals surface area (Å²) >= 11 is 0. The van der Waals surface area contributed by atoms with E-state index in [1.54, 1.807) is 6.92 Å². The zero-order valence-corrected chi connectivity index (χ0v) is 11.0. The topological polar surface area (TPSA) is 60.5 Å². The van der Waals surface area contributed by atoms with Crippen LogP contribution in [0.1, 0.15) is 17.3 Å². The van der Waals surface area contributed by atoms with E-state index in [1.807, 2.05) is 0 Å². The van der Waals surface area contributed by atoms with Crippen molar-refractivity contribution < 1.29 is 27.4 Å². The SMILES string of the molecule is COC[C@H](C)NC(=O)c1cccnc1OCC(F)(F)F. The van der Waals surface area contributed by atoms with Crippen molar-refractivity contribution in [3.05, 3.63) is 23.9 Å². The summed E-state index contributed by atoms with van der Waals surface area (Å²) in [5, 5.41) is 2.57. The molecule has 5 nitrogen and oxygen atoms in total.